The number of hydrogen-bond donors (Lipinski definition) is 0. The fraction of sp³-hybridized carbons (Fsp3) is 0.318. The Morgan fingerprint density at radius 1 is 1.04 bits per heavy atom. The summed E-state index contributed by atoms with van der Waals surface area (Å²) >= 11 is 0. The van der Waals surface area contributed by atoms with Gasteiger partial charge in [-0.15, -0.1) is 0 Å². The summed E-state index contributed by atoms with van der Waals surface area (Å²) in [5.41, 5.74) is 4.74. The normalized spacial score (nSPS) is 24.2. The van der Waals surface area contributed by atoms with Gasteiger partial charge in [0.1, 0.15) is 11.4 Å². The van der Waals surface area contributed by atoms with E-state index in [1.807, 2.05) is 24.3 Å². The van der Waals surface area contributed by atoms with Crippen molar-refractivity contribution in [1.82, 2.24) is 4.90 Å². The van der Waals surface area contributed by atoms with Gasteiger partial charge in [0, 0.05) is 29.9 Å². The molecule has 0 saturated carbocycles. The number of para-hydroxylation sites is 2. The summed E-state index contributed by atoms with van der Waals surface area (Å²) in [5, 5.41) is 0. The molecular formula is C22H24N2O. The second-order valence-corrected chi connectivity index (χ2v) is 7.10. The maximum atomic E-state index is 5.47. The molecule has 2 aliphatic rings. The fourth-order valence-electron chi connectivity index (χ4n) is 4.09. The number of hydrogen-bond acceptors (Lipinski definition) is 3. The molecule has 128 valence electrons. The summed E-state index contributed by atoms with van der Waals surface area (Å²) in [6.07, 6.45) is 5.68. The molecule has 2 aliphatic heterocycles. The van der Waals surface area contributed by atoms with Gasteiger partial charge in [-0.3, -0.25) is 0 Å². The van der Waals surface area contributed by atoms with E-state index in [4.69, 9.17) is 9.73 Å². The van der Waals surface area contributed by atoms with Crippen LogP contribution >= 0.6 is 0 Å². The molecule has 0 spiro atoms. The van der Waals surface area contributed by atoms with E-state index in [0.717, 1.165) is 30.1 Å². The Balaban J connectivity index is 1.80. The molecule has 3 nitrogen and oxygen atoms in total. The predicted molar refractivity (Wildman–Crippen MR) is 103 cm³/mol. The fourth-order valence-corrected chi connectivity index (χ4v) is 4.09. The minimum atomic E-state index is 0.154. The highest BCUT2D eigenvalue weighted by Gasteiger charge is 2.41. The van der Waals surface area contributed by atoms with Crippen molar-refractivity contribution < 1.29 is 4.74 Å². The zero-order valence-electron chi connectivity index (χ0n) is 14.9. The third-order valence-electron chi connectivity index (χ3n) is 5.32. The van der Waals surface area contributed by atoms with Gasteiger partial charge in [-0.2, -0.15) is 0 Å². The van der Waals surface area contributed by atoms with Gasteiger partial charge < -0.3 is 9.64 Å². The molecule has 3 heteroatoms. The second kappa shape index (κ2) is 6.40. The van der Waals surface area contributed by atoms with Crippen molar-refractivity contribution in [3.63, 3.8) is 0 Å². The summed E-state index contributed by atoms with van der Waals surface area (Å²) < 4.78 is 5.47. The first kappa shape index (κ1) is 15.9. The molecule has 2 heterocycles. The zero-order chi connectivity index (χ0) is 17.3. The molecule has 0 N–H and O–H groups in total. The summed E-state index contributed by atoms with van der Waals surface area (Å²) in [5.74, 6) is 0.823. The number of allylic oxidation sites excluding steroid dienone is 1. The highest BCUT2D eigenvalue weighted by Crippen LogP contribution is 2.42. The van der Waals surface area contributed by atoms with Crippen molar-refractivity contribution in [2.24, 2.45) is 4.99 Å². The smallest absolute Gasteiger partial charge is 0.144 e. The maximum Gasteiger partial charge on any atom is 0.144 e. The zero-order valence-corrected chi connectivity index (χ0v) is 14.9. The van der Waals surface area contributed by atoms with Gasteiger partial charge in [0.05, 0.1) is 7.11 Å². The Bertz CT molecular complexity index is 825. The van der Waals surface area contributed by atoms with Gasteiger partial charge in [-0.25, -0.2) is 4.99 Å². The lowest BCUT2D eigenvalue weighted by atomic mass is 9.86. The van der Waals surface area contributed by atoms with Crippen molar-refractivity contribution in [3.05, 3.63) is 66.2 Å². The number of methoxy groups -OCH3 is 1. The molecule has 2 aromatic rings. The maximum absolute atomic E-state index is 5.47. The molecule has 0 unspecified atom stereocenters. The lowest BCUT2D eigenvalue weighted by Crippen LogP contribution is -2.44. The van der Waals surface area contributed by atoms with Crippen LogP contribution in [0.3, 0.4) is 0 Å². The van der Waals surface area contributed by atoms with Crippen LogP contribution in [0.1, 0.15) is 31.7 Å². The molecule has 0 aromatic heterocycles. The highest BCUT2D eigenvalue weighted by atomic mass is 16.5. The van der Waals surface area contributed by atoms with Crippen LogP contribution in [0, 0.1) is 0 Å². The molecule has 0 amide bonds. The van der Waals surface area contributed by atoms with Crippen molar-refractivity contribution in [3.8, 4) is 5.75 Å². The van der Waals surface area contributed by atoms with Crippen LogP contribution in [0.4, 0.5) is 5.69 Å². The first-order valence-electron chi connectivity index (χ1n) is 8.95. The van der Waals surface area contributed by atoms with E-state index >= 15 is 0 Å². The molecule has 0 aliphatic carbocycles. The molecule has 1 saturated heterocycles. The van der Waals surface area contributed by atoms with Gasteiger partial charge in [0.2, 0.25) is 0 Å². The monoisotopic (exact) mass is 332 g/mol. The minimum Gasteiger partial charge on any atom is -0.494 e. The molecule has 1 fully saturated rings. The van der Waals surface area contributed by atoms with Crippen molar-refractivity contribution in [2.75, 3.05) is 13.7 Å². The standard InChI is InChI=1S/C22H24N2O/c1-22-13-8-14-24(22)20(17-9-4-3-5-10-17)15-18(16-22)23-19-11-6-7-12-21(19)25-2/h3-7,9-12,15H,8,13-14,16H2,1-2H3/t22-/m1/s1. The average Bonchev–Trinajstić information content (AvgIpc) is 3.03. The average molecular weight is 332 g/mol. The van der Waals surface area contributed by atoms with Crippen LogP contribution in [-0.4, -0.2) is 29.8 Å². The van der Waals surface area contributed by atoms with Gasteiger partial charge >= 0.3 is 0 Å². The van der Waals surface area contributed by atoms with E-state index in [9.17, 15) is 0 Å². The van der Waals surface area contributed by atoms with Crippen molar-refractivity contribution in [1.29, 1.82) is 0 Å². The van der Waals surface area contributed by atoms with E-state index in [1.54, 1.807) is 7.11 Å². The lowest BCUT2D eigenvalue weighted by Gasteiger charge is -2.42. The Labute approximate surface area is 149 Å². The van der Waals surface area contributed by atoms with E-state index in [0.29, 0.717) is 0 Å². The Kier molecular flexibility index (Phi) is 4.08. The second-order valence-electron chi connectivity index (χ2n) is 7.10. The summed E-state index contributed by atoms with van der Waals surface area (Å²) in [7, 11) is 1.70. The van der Waals surface area contributed by atoms with Crippen LogP contribution < -0.4 is 4.74 Å². The largest absolute Gasteiger partial charge is 0.494 e. The highest BCUT2D eigenvalue weighted by molar-refractivity contribution is 6.04. The molecule has 0 radical (unpaired) electrons. The number of nitrogens with zero attached hydrogens (tertiary/aromatic N) is 2. The molecular weight excluding hydrogens is 308 g/mol. The topological polar surface area (TPSA) is 24.8 Å². The molecule has 0 bridgehead atoms. The molecule has 1 atom stereocenters. The van der Waals surface area contributed by atoms with E-state index in [1.165, 1.54) is 24.1 Å². The van der Waals surface area contributed by atoms with E-state index < -0.39 is 0 Å². The third-order valence-corrected chi connectivity index (χ3v) is 5.32. The number of rotatable bonds is 3. The summed E-state index contributed by atoms with van der Waals surface area (Å²) in [6.45, 7) is 3.49. The van der Waals surface area contributed by atoms with Crippen molar-refractivity contribution >= 4 is 17.1 Å². The minimum absolute atomic E-state index is 0.154. The SMILES string of the molecule is COc1ccccc1N=C1C=C(c2ccccc2)N2CCC[C@]2(C)C1. The van der Waals surface area contributed by atoms with Gasteiger partial charge in [-0.1, -0.05) is 42.5 Å². The Hall–Kier alpha value is -2.55. The summed E-state index contributed by atoms with van der Waals surface area (Å²) in [6, 6.07) is 18.6. The van der Waals surface area contributed by atoms with Gasteiger partial charge in [0.15, 0.2) is 0 Å². The van der Waals surface area contributed by atoms with E-state index in [2.05, 4.69) is 48.2 Å². The predicted octanol–water partition coefficient (Wildman–Crippen LogP) is 5.07. The quantitative estimate of drug-likeness (QED) is 0.784. The van der Waals surface area contributed by atoms with Crippen molar-refractivity contribution in [2.45, 2.75) is 31.7 Å². The molecule has 25 heavy (non-hydrogen) atoms. The Morgan fingerprint density at radius 3 is 2.60 bits per heavy atom. The van der Waals surface area contributed by atoms with Crippen LogP contribution in [0.15, 0.2) is 65.7 Å². The molecule has 2 aromatic carbocycles. The first-order chi connectivity index (χ1) is 12.2. The summed E-state index contributed by atoms with van der Waals surface area (Å²) in [4.78, 5) is 7.53. The number of aliphatic imine (C=N–C) groups is 1. The first-order valence-corrected chi connectivity index (χ1v) is 8.95. The number of benzene rings is 2. The number of fused-ring (bicyclic) bond motifs is 1. The lowest BCUT2D eigenvalue weighted by molar-refractivity contribution is 0.244. The molecule has 4 rings (SSSR count). The van der Waals surface area contributed by atoms with Crippen LogP contribution in [0.2, 0.25) is 0 Å². The van der Waals surface area contributed by atoms with E-state index in [-0.39, 0.29) is 5.54 Å². The number of ether oxygens (including phenoxy) is 1. The Morgan fingerprint density at radius 2 is 1.80 bits per heavy atom. The van der Waals surface area contributed by atoms with Gasteiger partial charge in [0.25, 0.3) is 0 Å². The van der Waals surface area contributed by atoms with Crippen LogP contribution in [0.25, 0.3) is 5.70 Å². The van der Waals surface area contributed by atoms with Crippen LogP contribution in [0.5, 0.6) is 5.75 Å². The third kappa shape index (κ3) is 2.95. The van der Waals surface area contributed by atoms with Crippen LogP contribution in [-0.2, 0) is 0 Å². The van der Waals surface area contributed by atoms with Gasteiger partial charge in [-0.05, 0) is 43.5 Å².